The van der Waals surface area contributed by atoms with Crippen molar-refractivity contribution in [3.05, 3.63) is 95.9 Å². The summed E-state index contributed by atoms with van der Waals surface area (Å²) in [5.74, 6) is 0.660. The van der Waals surface area contributed by atoms with E-state index in [9.17, 15) is 9.59 Å². The van der Waals surface area contributed by atoms with Crippen LogP contribution >= 0.6 is 11.3 Å². The number of carbonyl (C=O) groups is 1. The summed E-state index contributed by atoms with van der Waals surface area (Å²) < 4.78 is 26.4. The van der Waals surface area contributed by atoms with Crippen LogP contribution in [0.3, 0.4) is 0 Å². The predicted molar refractivity (Wildman–Crippen MR) is 176 cm³/mol. The second-order valence-electron chi connectivity index (χ2n) is 10.8. The van der Waals surface area contributed by atoms with Gasteiger partial charge in [0.1, 0.15) is 0 Å². The molecule has 1 atom stereocenters. The number of allylic oxidation sites excluding steroid dienone is 1. The van der Waals surface area contributed by atoms with Gasteiger partial charge < -0.3 is 28.4 Å². The number of hydrogen-bond donors (Lipinski definition) is 0. The van der Waals surface area contributed by atoms with Crippen LogP contribution in [-0.2, 0) is 9.53 Å². The van der Waals surface area contributed by atoms with Gasteiger partial charge in [-0.15, -0.1) is 0 Å². The third-order valence-electron chi connectivity index (χ3n) is 7.90. The van der Waals surface area contributed by atoms with Crippen molar-refractivity contribution in [2.75, 3.05) is 46.9 Å². The minimum atomic E-state index is -0.834. The van der Waals surface area contributed by atoms with E-state index in [1.54, 1.807) is 30.5 Å². The van der Waals surface area contributed by atoms with Gasteiger partial charge in [-0.3, -0.25) is 9.36 Å². The molecular weight excluding hydrogens is 592 g/mol. The highest BCUT2D eigenvalue weighted by Crippen LogP contribution is 2.42. The summed E-state index contributed by atoms with van der Waals surface area (Å²) in [5.41, 5.74) is 6.17. The van der Waals surface area contributed by atoms with Crippen LogP contribution in [0.4, 0.5) is 5.69 Å². The Kier molecular flexibility index (Phi) is 8.92. The Morgan fingerprint density at radius 1 is 1.00 bits per heavy atom. The van der Waals surface area contributed by atoms with Gasteiger partial charge in [0.2, 0.25) is 5.75 Å². The quantitative estimate of drug-likeness (QED) is 0.255. The second kappa shape index (κ2) is 12.7. The number of aromatic nitrogens is 2. The molecule has 45 heavy (non-hydrogen) atoms. The standard InChI is InChI=1S/C34H38N4O6S/c1-10-44-33(40)29-20(3)35-34-38(30(29)23-16-26(41-7)31(43-9)27(17-23)42-8)32(39)28(45-34)18-22-15-19(2)37(21(22)4)25-13-11-24(12-14-25)36(5)6/h11-18,30H,10H2,1-9H3/b28-18+/t30-/m1/s1. The third kappa shape index (κ3) is 5.64. The zero-order chi connectivity index (χ0) is 32.6. The maximum absolute atomic E-state index is 14.2. The molecule has 5 rings (SSSR count). The van der Waals surface area contributed by atoms with E-state index in [1.165, 1.54) is 32.7 Å². The summed E-state index contributed by atoms with van der Waals surface area (Å²) in [5, 5.41) is 0. The first kappa shape index (κ1) is 31.6. The Morgan fingerprint density at radius 3 is 2.20 bits per heavy atom. The van der Waals surface area contributed by atoms with Gasteiger partial charge in [0.15, 0.2) is 16.3 Å². The van der Waals surface area contributed by atoms with Crippen LogP contribution < -0.4 is 34.0 Å². The first-order chi connectivity index (χ1) is 21.5. The SMILES string of the molecule is CCOC(=O)C1=C(C)N=c2s/c(=C/c3cc(C)n(-c4ccc(N(C)C)cc4)c3C)c(=O)n2[C@@H]1c1cc(OC)c(OC)c(OC)c1. The Hall–Kier alpha value is -4.77. The van der Waals surface area contributed by atoms with Crippen LogP contribution in [0, 0.1) is 13.8 Å². The first-order valence-corrected chi connectivity index (χ1v) is 15.3. The Morgan fingerprint density at radius 2 is 1.64 bits per heavy atom. The van der Waals surface area contributed by atoms with Gasteiger partial charge in [-0.1, -0.05) is 11.3 Å². The van der Waals surface area contributed by atoms with E-state index in [0.717, 1.165) is 28.3 Å². The molecule has 1 aliphatic rings. The van der Waals surface area contributed by atoms with Gasteiger partial charge in [0.05, 0.1) is 49.8 Å². The molecule has 0 saturated carbocycles. The van der Waals surface area contributed by atoms with Gasteiger partial charge in [0, 0.05) is 36.9 Å². The van der Waals surface area contributed by atoms with Gasteiger partial charge in [-0.05, 0) is 87.4 Å². The van der Waals surface area contributed by atoms with Gasteiger partial charge in [-0.25, -0.2) is 9.79 Å². The molecule has 0 spiro atoms. The molecule has 2 aromatic carbocycles. The number of anilines is 1. The molecular formula is C34H38N4O6S. The maximum atomic E-state index is 14.2. The lowest BCUT2D eigenvalue weighted by atomic mass is 9.95. The van der Waals surface area contributed by atoms with E-state index in [-0.39, 0.29) is 17.7 Å². The Bertz CT molecular complexity index is 1960. The molecule has 0 bridgehead atoms. The van der Waals surface area contributed by atoms with Crippen molar-refractivity contribution in [3.8, 4) is 22.9 Å². The van der Waals surface area contributed by atoms with Crippen molar-refractivity contribution in [2.24, 2.45) is 4.99 Å². The van der Waals surface area contributed by atoms with Crippen molar-refractivity contribution in [1.82, 2.24) is 9.13 Å². The summed E-state index contributed by atoms with van der Waals surface area (Å²) in [6.07, 6.45) is 1.90. The molecule has 0 radical (unpaired) electrons. The van der Waals surface area contributed by atoms with Crippen molar-refractivity contribution < 1.29 is 23.7 Å². The van der Waals surface area contributed by atoms with Crippen LogP contribution in [0.15, 0.2) is 63.5 Å². The first-order valence-electron chi connectivity index (χ1n) is 14.5. The predicted octanol–water partition coefficient (Wildman–Crippen LogP) is 4.30. The minimum absolute atomic E-state index is 0.176. The topological polar surface area (TPSA) is 96.5 Å². The second-order valence-corrected chi connectivity index (χ2v) is 11.8. The zero-order valence-electron chi connectivity index (χ0n) is 27.0. The average molecular weight is 631 g/mol. The van der Waals surface area contributed by atoms with E-state index in [4.69, 9.17) is 23.9 Å². The summed E-state index contributed by atoms with van der Waals surface area (Å²) in [6, 6.07) is 13.1. The van der Waals surface area contributed by atoms with Crippen LogP contribution in [-0.4, -0.2) is 57.1 Å². The number of ether oxygens (including phenoxy) is 4. The molecule has 236 valence electrons. The van der Waals surface area contributed by atoms with E-state index in [2.05, 4.69) is 39.8 Å². The third-order valence-corrected chi connectivity index (χ3v) is 8.88. The molecule has 11 heteroatoms. The van der Waals surface area contributed by atoms with Crippen molar-refractivity contribution in [1.29, 1.82) is 0 Å². The van der Waals surface area contributed by atoms with Crippen molar-refractivity contribution in [2.45, 2.75) is 33.7 Å². The lowest BCUT2D eigenvalue weighted by molar-refractivity contribution is -0.139. The summed E-state index contributed by atoms with van der Waals surface area (Å²) in [4.78, 5) is 34.9. The molecule has 0 amide bonds. The number of fused-ring (bicyclic) bond motifs is 1. The normalized spacial score (nSPS) is 14.6. The molecule has 0 unspecified atom stereocenters. The van der Waals surface area contributed by atoms with Crippen molar-refractivity contribution >= 4 is 29.1 Å². The summed E-state index contributed by atoms with van der Waals surface area (Å²) in [7, 11) is 8.59. The number of carbonyl (C=O) groups excluding carboxylic acids is 1. The number of methoxy groups -OCH3 is 3. The molecule has 1 aliphatic heterocycles. The highest BCUT2D eigenvalue weighted by atomic mass is 32.1. The summed E-state index contributed by atoms with van der Waals surface area (Å²) >= 11 is 1.28. The highest BCUT2D eigenvalue weighted by molar-refractivity contribution is 7.07. The molecule has 10 nitrogen and oxygen atoms in total. The average Bonchev–Trinajstić information content (AvgIpc) is 3.48. The largest absolute Gasteiger partial charge is 0.493 e. The van der Waals surface area contributed by atoms with E-state index < -0.39 is 12.0 Å². The van der Waals surface area contributed by atoms with Crippen LogP contribution in [0.1, 0.15) is 42.4 Å². The highest BCUT2D eigenvalue weighted by Gasteiger charge is 2.34. The number of aryl methyl sites for hydroxylation is 1. The number of nitrogens with zero attached hydrogens (tertiary/aromatic N) is 4. The number of esters is 1. The Balaban J connectivity index is 1.70. The lowest BCUT2D eigenvalue weighted by Crippen LogP contribution is -2.40. The van der Waals surface area contributed by atoms with E-state index in [0.29, 0.717) is 37.8 Å². The molecule has 2 aromatic heterocycles. The fraction of sp³-hybridized carbons (Fsp3) is 0.324. The molecule has 0 fully saturated rings. The van der Waals surface area contributed by atoms with Gasteiger partial charge in [0.25, 0.3) is 5.56 Å². The van der Waals surface area contributed by atoms with Crippen LogP contribution in [0.2, 0.25) is 0 Å². The monoisotopic (exact) mass is 630 g/mol. The number of rotatable bonds is 9. The number of hydrogen-bond acceptors (Lipinski definition) is 9. The maximum Gasteiger partial charge on any atom is 0.338 e. The van der Waals surface area contributed by atoms with Crippen LogP contribution in [0.25, 0.3) is 11.8 Å². The molecule has 0 saturated heterocycles. The fourth-order valence-corrected chi connectivity index (χ4v) is 6.78. The Labute approximate surface area is 266 Å². The molecule has 0 N–H and O–H groups in total. The smallest absolute Gasteiger partial charge is 0.338 e. The molecule has 4 aromatic rings. The van der Waals surface area contributed by atoms with Crippen molar-refractivity contribution in [3.63, 3.8) is 0 Å². The number of benzene rings is 2. The van der Waals surface area contributed by atoms with Gasteiger partial charge >= 0.3 is 5.97 Å². The molecule has 0 aliphatic carbocycles. The van der Waals surface area contributed by atoms with Crippen LogP contribution in [0.5, 0.6) is 17.2 Å². The van der Waals surface area contributed by atoms with E-state index >= 15 is 0 Å². The fourth-order valence-electron chi connectivity index (χ4n) is 5.74. The lowest BCUT2D eigenvalue weighted by Gasteiger charge is -2.26. The van der Waals surface area contributed by atoms with E-state index in [1.807, 2.05) is 34.0 Å². The number of thiazole rings is 1. The zero-order valence-corrected chi connectivity index (χ0v) is 27.9. The minimum Gasteiger partial charge on any atom is -0.493 e. The van der Waals surface area contributed by atoms with Gasteiger partial charge in [-0.2, -0.15) is 0 Å². The molecule has 3 heterocycles. The summed E-state index contributed by atoms with van der Waals surface area (Å²) in [6.45, 7) is 7.76.